The Morgan fingerprint density at radius 1 is 1.30 bits per heavy atom. The Balaban J connectivity index is 2.50. The molecular formula is C12H16N2O5S. The van der Waals surface area contributed by atoms with E-state index in [2.05, 4.69) is 5.32 Å². The highest BCUT2D eigenvalue weighted by molar-refractivity contribution is 7.89. The lowest BCUT2D eigenvalue weighted by Crippen LogP contribution is -2.26. The van der Waals surface area contributed by atoms with Gasteiger partial charge in [0.2, 0.25) is 10.0 Å². The van der Waals surface area contributed by atoms with Crippen LogP contribution in [0.5, 0.6) is 11.5 Å². The second kappa shape index (κ2) is 5.29. The lowest BCUT2D eigenvalue weighted by Gasteiger charge is -2.13. The molecule has 0 radical (unpaired) electrons. The summed E-state index contributed by atoms with van der Waals surface area (Å²) in [4.78, 5) is 11.7. The molecule has 20 heavy (non-hydrogen) atoms. The summed E-state index contributed by atoms with van der Waals surface area (Å²) < 4.78 is 33.3. The molecule has 1 aromatic rings. The van der Waals surface area contributed by atoms with Crippen LogP contribution in [0.25, 0.3) is 0 Å². The fraction of sp³-hybridized carbons (Fsp3) is 0.417. The van der Waals surface area contributed by atoms with Gasteiger partial charge in [-0.1, -0.05) is 0 Å². The number of amides is 1. The van der Waals surface area contributed by atoms with Crippen molar-refractivity contribution in [3.8, 4) is 11.5 Å². The first-order chi connectivity index (χ1) is 9.36. The van der Waals surface area contributed by atoms with Gasteiger partial charge in [-0.05, 0) is 25.0 Å². The molecular weight excluding hydrogens is 284 g/mol. The van der Waals surface area contributed by atoms with Crippen LogP contribution in [0, 0.1) is 0 Å². The van der Waals surface area contributed by atoms with Gasteiger partial charge in [0, 0.05) is 11.6 Å². The third-order valence-corrected chi connectivity index (χ3v) is 3.84. The Bertz CT molecular complexity index is 637. The number of sulfonamides is 1. The molecule has 1 aliphatic carbocycles. The summed E-state index contributed by atoms with van der Waals surface area (Å²) in [5, 5.41) is 7.91. The van der Waals surface area contributed by atoms with E-state index < -0.39 is 10.0 Å². The average Bonchev–Trinajstić information content (AvgIpc) is 3.19. The summed E-state index contributed by atoms with van der Waals surface area (Å²) in [5.74, 6) is -0.240. The maximum Gasteiger partial charge on any atom is 0.251 e. The molecule has 1 amide bonds. The van der Waals surface area contributed by atoms with E-state index in [-0.39, 0.29) is 33.9 Å². The molecule has 0 bridgehead atoms. The minimum Gasteiger partial charge on any atom is -0.493 e. The van der Waals surface area contributed by atoms with E-state index in [1.54, 1.807) is 0 Å². The summed E-state index contributed by atoms with van der Waals surface area (Å²) >= 11 is 0. The molecule has 0 atom stereocenters. The van der Waals surface area contributed by atoms with E-state index in [0.717, 1.165) is 12.8 Å². The predicted octanol–water partition coefficient (Wildman–Crippen LogP) is 0.243. The van der Waals surface area contributed by atoms with E-state index in [0.29, 0.717) is 0 Å². The van der Waals surface area contributed by atoms with Gasteiger partial charge < -0.3 is 14.8 Å². The van der Waals surface area contributed by atoms with E-state index in [1.807, 2.05) is 0 Å². The van der Waals surface area contributed by atoms with Crippen LogP contribution in [-0.2, 0) is 10.0 Å². The first kappa shape index (κ1) is 14.6. The molecule has 3 N–H and O–H groups in total. The van der Waals surface area contributed by atoms with Crippen molar-refractivity contribution in [1.82, 2.24) is 5.32 Å². The van der Waals surface area contributed by atoms with Crippen LogP contribution in [0.2, 0.25) is 0 Å². The zero-order valence-corrected chi connectivity index (χ0v) is 12.0. The number of nitrogens with two attached hydrogens (primary N) is 1. The van der Waals surface area contributed by atoms with Crippen molar-refractivity contribution >= 4 is 15.9 Å². The molecule has 2 rings (SSSR count). The number of carbonyl (C=O) groups is 1. The Morgan fingerprint density at radius 2 is 1.95 bits per heavy atom. The van der Waals surface area contributed by atoms with Crippen molar-refractivity contribution in [3.05, 3.63) is 17.7 Å². The number of nitrogens with one attached hydrogen (secondary N) is 1. The second-order valence-corrected chi connectivity index (χ2v) is 6.03. The third-order valence-electron chi connectivity index (χ3n) is 2.93. The molecule has 7 nitrogen and oxygen atoms in total. The summed E-state index contributed by atoms with van der Waals surface area (Å²) in [6, 6.07) is 2.77. The van der Waals surface area contributed by atoms with Crippen molar-refractivity contribution in [3.63, 3.8) is 0 Å². The third kappa shape index (κ3) is 3.02. The standard InChI is InChI=1S/C12H16N2O5S/c1-18-9-5-7(12(15)14-8-3-4-8)6-10(11(9)19-2)20(13,16)17/h5-6,8H,3-4H2,1-2H3,(H,14,15)(H2,13,16,17). The van der Waals surface area contributed by atoms with Crippen LogP contribution in [-0.4, -0.2) is 34.6 Å². The van der Waals surface area contributed by atoms with Crippen LogP contribution >= 0.6 is 0 Å². The normalized spacial score (nSPS) is 14.8. The maximum atomic E-state index is 12.0. The summed E-state index contributed by atoms with van der Waals surface area (Å²) in [6.07, 6.45) is 1.86. The number of methoxy groups -OCH3 is 2. The first-order valence-electron chi connectivity index (χ1n) is 5.96. The molecule has 1 fully saturated rings. The van der Waals surface area contributed by atoms with Crippen LogP contribution in [0.15, 0.2) is 17.0 Å². The number of hydrogen-bond acceptors (Lipinski definition) is 5. The highest BCUT2D eigenvalue weighted by atomic mass is 32.2. The van der Waals surface area contributed by atoms with E-state index in [1.165, 1.54) is 26.4 Å². The van der Waals surface area contributed by atoms with Gasteiger partial charge in [0.1, 0.15) is 4.90 Å². The van der Waals surface area contributed by atoms with Crippen molar-refractivity contribution < 1.29 is 22.7 Å². The van der Waals surface area contributed by atoms with Crippen molar-refractivity contribution in [1.29, 1.82) is 0 Å². The molecule has 0 saturated heterocycles. The molecule has 1 saturated carbocycles. The molecule has 0 heterocycles. The largest absolute Gasteiger partial charge is 0.493 e. The summed E-state index contributed by atoms with van der Waals surface area (Å²) in [5.41, 5.74) is 0.165. The monoisotopic (exact) mass is 300 g/mol. The number of ether oxygens (including phenoxy) is 2. The van der Waals surface area contributed by atoms with Gasteiger partial charge in [0.25, 0.3) is 5.91 Å². The average molecular weight is 300 g/mol. The number of benzene rings is 1. The molecule has 110 valence electrons. The molecule has 1 aromatic carbocycles. The highest BCUT2D eigenvalue weighted by Crippen LogP contribution is 2.35. The SMILES string of the molecule is COc1cc(C(=O)NC2CC2)cc(S(N)(=O)=O)c1OC. The van der Waals surface area contributed by atoms with Crippen molar-refractivity contribution in [2.75, 3.05) is 14.2 Å². The molecule has 1 aliphatic rings. The highest BCUT2D eigenvalue weighted by Gasteiger charge is 2.27. The van der Waals surface area contributed by atoms with E-state index >= 15 is 0 Å². The van der Waals surface area contributed by atoms with Gasteiger partial charge in [0.15, 0.2) is 11.5 Å². The van der Waals surface area contributed by atoms with Crippen molar-refractivity contribution in [2.45, 2.75) is 23.8 Å². The van der Waals surface area contributed by atoms with Gasteiger partial charge in [0.05, 0.1) is 14.2 Å². The van der Waals surface area contributed by atoms with Crippen LogP contribution in [0.4, 0.5) is 0 Å². The number of carbonyl (C=O) groups excluding carboxylic acids is 1. The zero-order valence-electron chi connectivity index (χ0n) is 11.2. The first-order valence-corrected chi connectivity index (χ1v) is 7.51. The predicted molar refractivity (Wildman–Crippen MR) is 71.4 cm³/mol. The molecule has 0 aromatic heterocycles. The molecule has 0 unspecified atom stereocenters. The fourth-order valence-electron chi connectivity index (χ4n) is 1.77. The zero-order chi connectivity index (χ0) is 14.9. The van der Waals surface area contributed by atoms with E-state index in [9.17, 15) is 13.2 Å². The van der Waals surface area contributed by atoms with Gasteiger partial charge in [-0.25, -0.2) is 13.6 Å². The minimum absolute atomic E-state index is 0.0158. The number of hydrogen-bond donors (Lipinski definition) is 2. The Kier molecular flexibility index (Phi) is 3.87. The lowest BCUT2D eigenvalue weighted by atomic mass is 10.2. The Morgan fingerprint density at radius 3 is 2.40 bits per heavy atom. The quantitative estimate of drug-likeness (QED) is 0.810. The topological polar surface area (TPSA) is 108 Å². The van der Waals surface area contributed by atoms with Gasteiger partial charge in [-0.3, -0.25) is 4.79 Å². The van der Waals surface area contributed by atoms with Gasteiger partial charge in [-0.2, -0.15) is 0 Å². The minimum atomic E-state index is -4.03. The summed E-state index contributed by atoms with van der Waals surface area (Å²) in [7, 11) is -1.38. The van der Waals surface area contributed by atoms with E-state index in [4.69, 9.17) is 14.6 Å². The lowest BCUT2D eigenvalue weighted by molar-refractivity contribution is 0.0950. The molecule has 0 spiro atoms. The summed E-state index contributed by atoms with van der Waals surface area (Å²) in [6.45, 7) is 0. The Hall–Kier alpha value is -1.80. The van der Waals surface area contributed by atoms with Crippen LogP contribution < -0.4 is 19.9 Å². The van der Waals surface area contributed by atoms with Crippen LogP contribution in [0.1, 0.15) is 23.2 Å². The molecule has 0 aliphatic heterocycles. The fourth-order valence-corrected chi connectivity index (χ4v) is 2.50. The Labute approximate surface area is 117 Å². The molecule has 8 heteroatoms. The van der Waals surface area contributed by atoms with Gasteiger partial charge >= 0.3 is 0 Å². The smallest absolute Gasteiger partial charge is 0.251 e. The number of rotatable bonds is 5. The van der Waals surface area contributed by atoms with Gasteiger partial charge in [-0.15, -0.1) is 0 Å². The number of primary sulfonamides is 1. The second-order valence-electron chi connectivity index (χ2n) is 4.50. The van der Waals surface area contributed by atoms with Crippen molar-refractivity contribution in [2.24, 2.45) is 5.14 Å². The van der Waals surface area contributed by atoms with Crippen LogP contribution in [0.3, 0.4) is 0 Å². The maximum absolute atomic E-state index is 12.0.